The first-order valence-electron chi connectivity index (χ1n) is 5.30. The van der Waals surface area contributed by atoms with Crippen LogP contribution in [-0.4, -0.2) is 22.9 Å². The van der Waals surface area contributed by atoms with Crippen molar-refractivity contribution in [1.29, 1.82) is 0 Å². The zero-order valence-electron chi connectivity index (χ0n) is 9.34. The van der Waals surface area contributed by atoms with Crippen molar-refractivity contribution in [2.45, 2.75) is 25.4 Å². The minimum atomic E-state index is -0.491. The quantitative estimate of drug-likeness (QED) is 0.596. The number of benzene rings is 1. The van der Waals surface area contributed by atoms with Gasteiger partial charge in [-0.2, -0.15) is 0 Å². The van der Waals surface area contributed by atoms with Gasteiger partial charge in [-0.25, -0.2) is 0 Å². The summed E-state index contributed by atoms with van der Waals surface area (Å²) in [5.74, 6) is -0.314. The average molecular weight is 235 g/mol. The number of nitrogens with two attached hydrogens (primary N) is 1. The van der Waals surface area contributed by atoms with Gasteiger partial charge < -0.3 is 11.1 Å². The zero-order chi connectivity index (χ0) is 12.6. The molecule has 0 aliphatic heterocycles. The number of aryl methyl sites for hydroxylation is 1. The molecule has 1 aliphatic carbocycles. The number of nitro benzene ring substituents is 1. The van der Waals surface area contributed by atoms with Crippen molar-refractivity contribution in [3.05, 3.63) is 39.4 Å². The summed E-state index contributed by atoms with van der Waals surface area (Å²) in [6, 6.07) is 4.45. The van der Waals surface area contributed by atoms with E-state index in [2.05, 4.69) is 5.32 Å². The second-order valence-corrected chi connectivity index (χ2v) is 4.24. The van der Waals surface area contributed by atoms with Crippen LogP contribution in [0.1, 0.15) is 22.3 Å². The summed E-state index contributed by atoms with van der Waals surface area (Å²) < 4.78 is 0. The van der Waals surface area contributed by atoms with Crippen LogP contribution in [0.15, 0.2) is 18.2 Å². The van der Waals surface area contributed by atoms with Crippen molar-refractivity contribution in [2.24, 2.45) is 5.73 Å². The monoisotopic (exact) mass is 235 g/mol. The van der Waals surface area contributed by atoms with E-state index in [-0.39, 0.29) is 23.7 Å². The van der Waals surface area contributed by atoms with Gasteiger partial charge in [0, 0.05) is 29.3 Å². The lowest BCUT2D eigenvalue weighted by molar-refractivity contribution is -0.385. The van der Waals surface area contributed by atoms with E-state index in [1.165, 1.54) is 6.07 Å². The van der Waals surface area contributed by atoms with E-state index in [4.69, 9.17) is 5.73 Å². The average Bonchev–Trinajstić information content (AvgIpc) is 2.94. The molecular formula is C11H13N3O3. The SMILES string of the molecule is Cc1ccc(C(=O)NC2CC2N)cc1[N+](=O)[O-]. The van der Waals surface area contributed by atoms with E-state index in [0.717, 1.165) is 6.42 Å². The topological polar surface area (TPSA) is 98.3 Å². The normalized spacial score (nSPS) is 22.0. The van der Waals surface area contributed by atoms with Crippen LogP contribution < -0.4 is 11.1 Å². The first-order valence-corrected chi connectivity index (χ1v) is 5.30. The zero-order valence-corrected chi connectivity index (χ0v) is 9.34. The van der Waals surface area contributed by atoms with Crippen LogP contribution in [0, 0.1) is 17.0 Å². The Balaban J connectivity index is 2.18. The third kappa shape index (κ3) is 2.42. The number of carbonyl (C=O) groups is 1. The molecule has 90 valence electrons. The lowest BCUT2D eigenvalue weighted by atomic mass is 10.1. The first-order chi connectivity index (χ1) is 7.99. The van der Waals surface area contributed by atoms with Gasteiger partial charge in [-0.05, 0) is 19.4 Å². The van der Waals surface area contributed by atoms with Crippen molar-refractivity contribution in [3.8, 4) is 0 Å². The summed E-state index contributed by atoms with van der Waals surface area (Å²) in [5.41, 5.74) is 6.36. The highest BCUT2D eigenvalue weighted by atomic mass is 16.6. The highest BCUT2D eigenvalue weighted by Gasteiger charge is 2.35. The molecule has 2 atom stereocenters. The summed E-state index contributed by atoms with van der Waals surface area (Å²) in [4.78, 5) is 22.0. The van der Waals surface area contributed by atoms with Gasteiger partial charge in [0.2, 0.25) is 0 Å². The molecule has 6 nitrogen and oxygen atoms in total. The molecule has 0 spiro atoms. The first kappa shape index (κ1) is 11.5. The Morgan fingerprint density at radius 3 is 2.76 bits per heavy atom. The number of carbonyl (C=O) groups excluding carboxylic acids is 1. The van der Waals surface area contributed by atoms with E-state index >= 15 is 0 Å². The van der Waals surface area contributed by atoms with E-state index in [1.807, 2.05) is 0 Å². The smallest absolute Gasteiger partial charge is 0.273 e. The molecule has 0 bridgehead atoms. The van der Waals surface area contributed by atoms with Crippen molar-refractivity contribution in [3.63, 3.8) is 0 Å². The minimum absolute atomic E-state index is 0.00265. The summed E-state index contributed by atoms with van der Waals surface area (Å²) in [5, 5.41) is 13.5. The summed E-state index contributed by atoms with van der Waals surface area (Å²) in [7, 11) is 0. The maximum atomic E-state index is 11.7. The van der Waals surface area contributed by atoms with Gasteiger partial charge in [0.25, 0.3) is 11.6 Å². The molecule has 17 heavy (non-hydrogen) atoms. The number of nitro groups is 1. The van der Waals surface area contributed by atoms with Gasteiger partial charge in [0.1, 0.15) is 0 Å². The third-order valence-corrected chi connectivity index (χ3v) is 2.82. The molecule has 1 amide bonds. The molecule has 6 heteroatoms. The van der Waals surface area contributed by atoms with Gasteiger partial charge in [0.05, 0.1) is 4.92 Å². The van der Waals surface area contributed by atoms with Gasteiger partial charge in [-0.1, -0.05) is 6.07 Å². The Bertz CT molecular complexity index is 487. The minimum Gasteiger partial charge on any atom is -0.348 e. The molecule has 0 heterocycles. The predicted octanol–water partition coefficient (Wildman–Crippen LogP) is 0.733. The summed E-state index contributed by atoms with van der Waals surface area (Å²) >= 11 is 0. The standard InChI is InChI=1S/C11H13N3O3/c1-6-2-3-7(4-10(6)14(16)17)11(15)13-9-5-8(9)12/h2-4,8-9H,5,12H2,1H3,(H,13,15). The predicted molar refractivity (Wildman–Crippen MR) is 61.7 cm³/mol. The largest absolute Gasteiger partial charge is 0.348 e. The fourth-order valence-corrected chi connectivity index (χ4v) is 1.58. The molecule has 0 radical (unpaired) electrons. The molecule has 1 saturated carbocycles. The molecule has 2 unspecified atom stereocenters. The van der Waals surface area contributed by atoms with E-state index in [9.17, 15) is 14.9 Å². The Labute approximate surface area is 98.0 Å². The Morgan fingerprint density at radius 2 is 2.24 bits per heavy atom. The highest BCUT2D eigenvalue weighted by molar-refractivity contribution is 5.95. The molecule has 1 aliphatic rings. The van der Waals surface area contributed by atoms with Crippen LogP contribution in [0.2, 0.25) is 0 Å². The van der Waals surface area contributed by atoms with Crippen LogP contribution >= 0.6 is 0 Å². The number of amides is 1. The summed E-state index contributed by atoms with van der Waals surface area (Å²) in [6.07, 6.45) is 0.764. The van der Waals surface area contributed by atoms with Gasteiger partial charge in [0.15, 0.2) is 0 Å². The van der Waals surface area contributed by atoms with E-state index in [0.29, 0.717) is 11.1 Å². The fraction of sp³-hybridized carbons (Fsp3) is 0.364. The molecule has 0 saturated heterocycles. The van der Waals surface area contributed by atoms with Crippen molar-refractivity contribution >= 4 is 11.6 Å². The number of nitrogens with zero attached hydrogens (tertiary/aromatic N) is 1. The Morgan fingerprint density at radius 1 is 1.59 bits per heavy atom. The van der Waals surface area contributed by atoms with Crippen LogP contribution in [-0.2, 0) is 0 Å². The third-order valence-electron chi connectivity index (χ3n) is 2.82. The molecule has 0 aromatic heterocycles. The Hall–Kier alpha value is -1.95. The molecule has 1 aromatic rings. The molecule has 1 fully saturated rings. The van der Waals surface area contributed by atoms with Crippen LogP contribution in [0.5, 0.6) is 0 Å². The number of nitrogens with one attached hydrogen (secondary N) is 1. The van der Waals surface area contributed by atoms with Gasteiger partial charge in [-0.15, -0.1) is 0 Å². The van der Waals surface area contributed by atoms with Crippen molar-refractivity contribution < 1.29 is 9.72 Å². The molecule has 3 N–H and O–H groups in total. The second-order valence-electron chi connectivity index (χ2n) is 4.24. The maximum absolute atomic E-state index is 11.7. The van der Waals surface area contributed by atoms with E-state index in [1.54, 1.807) is 19.1 Å². The lowest BCUT2D eigenvalue weighted by Gasteiger charge is -2.04. The molecule has 2 rings (SSSR count). The van der Waals surface area contributed by atoms with Gasteiger partial charge in [-0.3, -0.25) is 14.9 Å². The van der Waals surface area contributed by atoms with Crippen molar-refractivity contribution in [1.82, 2.24) is 5.32 Å². The maximum Gasteiger partial charge on any atom is 0.273 e. The number of hydrogen-bond acceptors (Lipinski definition) is 4. The van der Waals surface area contributed by atoms with Crippen LogP contribution in [0.3, 0.4) is 0 Å². The summed E-state index contributed by atoms with van der Waals surface area (Å²) in [6.45, 7) is 1.64. The van der Waals surface area contributed by atoms with Crippen LogP contribution in [0.4, 0.5) is 5.69 Å². The Kier molecular flexibility index (Phi) is 2.81. The van der Waals surface area contributed by atoms with E-state index < -0.39 is 4.92 Å². The second kappa shape index (κ2) is 4.14. The number of hydrogen-bond donors (Lipinski definition) is 2. The van der Waals surface area contributed by atoms with Crippen LogP contribution in [0.25, 0.3) is 0 Å². The molecular weight excluding hydrogens is 222 g/mol. The van der Waals surface area contributed by atoms with Crippen molar-refractivity contribution in [2.75, 3.05) is 0 Å². The lowest BCUT2D eigenvalue weighted by Crippen LogP contribution is -2.29. The fourth-order valence-electron chi connectivity index (χ4n) is 1.58. The number of rotatable bonds is 3. The highest BCUT2D eigenvalue weighted by Crippen LogP contribution is 2.21. The van der Waals surface area contributed by atoms with Gasteiger partial charge >= 0.3 is 0 Å². The molecule has 1 aromatic carbocycles.